The topological polar surface area (TPSA) is 38.7 Å². The zero-order valence-corrected chi connectivity index (χ0v) is 9.70. The van der Waals surface area contributed by atoms with Crippen LogP contribution >= 0.6 is 0 Å². The van der Waals surface area contributed by atoms with E-state index in [2.05, 4.69) is 0 Å². The van der Waals surface area contributed by atoms with Crippen LogP contribution in [0.5, 0.6) is 11.5 Å². The summed E-state index contributed by atoms with van der Waals surface area (Å²) in [5.41, 5.74) is 0.532. The van der Waals surface area contributed by atoms with Crippen molar-refractivity contribution in [3.8, 4) is 11.5 Å². The molecule has 0 saturated heterocycles. The number of aliphatic hydroxyl groups excluding tert-OH is 1. The van der Waals surface area contributed by atoms with Gasteiger partial charge in [-0.05, 0) is 32.9 Å². The van der Waals surface area contributed by atoms with Crippen LogP contribution in [0.25, 0.3) is 0 Å². The van der Waals surface area contributed by atoms with Gasteiger partial charge in [-0.1, -0.05) is 0 Å². The lowest BCUT2D eigenvalue weighted by atomic mass is 10.1. The Morgan fingerprint density at radius 2 is 1.93 bits per heavy atom. The van der Waals surface area contributed by atoms with E-state index in [1.54, 1.807) is 19.2 Å². The van der Waals surface area contributed by atoms with Crippen LogP contribution in [-0.2, 0) is 6.61 Å². The molecule has 0 atom stereocenters. The van der Waals surface area contributed by atoms with E-state index in [9.17, 15) is 0 Å². The molecule has 1 N–H and O–H groups in total. The molecular formula is C12H18O3. The smallest absolute Gasteiger partial charge is 0.128 e. The predicted molar refractivity (Wildman–Crippen MR) is 59.3 cm³/mol. The summed E-state index contributed by atoms with van der Waals surface area (Å²) in [5.74, 6) is 1.40. The largest absolute Gasteiger partial charge is 0.496 e. The molecule has 0 bridgehead atoms. The van der Waals surface area contributed by atoms with Crippen molar-refractivity contribution in [2.45, 2.75) is 33.0 Å². The summed E-state index contributed by atoms with van der Waals surface area (Å²) in [6.07, 6.45) is 0. The summed E-state index contributed by atoms with van der Waals surface area (Å²) in [4.78, 5) is 0. The molecule has 1 aromatic carbocycles. The van der Waals surface area contributed by atoms with Gasteiger partial charge in [0.1, 0.15) is 17.1 Å². The highest BCUT2D eigenvalue weighted by Gasteiger charge is 2.13. The minimum absolute atomic E-state index is 0.0288. The standard InChI is InChI=1S/C12H18O3/c1-12(2,3)15-10-6-5-9(8-13)11(7-10)14-4/h5-7,13H,8H2,1-4H3. The summed E-state index contributed by atoms with van der Waals surface area (Å²) >= 11 is 0. The summed E-state index contributed by atoms with van der Waals surface area (Å²) in [6.45, 7) is 5.93. The van der Waals surface area contributed by atoms with E-state index in [0.717, 1.165) is 11.3 Å². The Morgan fingerprint density at radius 3 is 2.40 bits per heavy atom. The van der Waals surface area contributed by atoms with Crippen LogP contribution in [0.2, 0.25) is 0 Å². The van der Waals surface area contributed by atoms with Crippen LogP contribution in [-0.4, -0.2) is 17.8 Å². The molecule has 0 saturated carbocycles. The van der Waals surface area contributed by atoms with Crippen molar-refractivity contribution in [3.63, 3.8) is 0 Å². The van der Waals surface area contributed by atoms with Crippen molar-refractivity contribution in [1.82, 2.24) is 0 Å². The first-order valence-electron chi connectivity index (χ1n) is 4.93. The van der Waals surface area contributed by atoms with Gasteiger partial charge in [-0.25, -0.2) is 0 Å². The van der Waals surface area contributed by atoms with Gasteiger partial charge in [0.05, 0.1) is 13.7 Å². The molecule has 0 spiro atoms. The minimum atomic E-state index is -0.230. The van der Waals surface area contributed by atoms with Gasteiger partial charge in [0.2, 0.25) is 0 Å². The lowest BCUT2D eigenvalue weighted by molar-refractivity contribution is 0.130. The molecule has 3 nitrogen and oxygen atoms in total. The molecule has 0 aliphatic carbocycles. The van der Waals surface area contributed by atoms with Crippen molar-refractivity contribution >= 4 is 0 Å². The van der Waals surface area contributed by atoms with E-state index in [-0.39, 0.29) is 12.2 Å². The van der Waals surface area contributed by atoms with Crippen molar-refractivity contribution in [2.24, 2.45) is 0 Å². The van der Waals surface area contributed by atoms with E-state index in [0.29, 0.717) is 5.75 Å². The van der Waals surface area contributed by atoms with E-state index in [4.69, 9.17) is 14.6 Å². The van der Waals surface area contributed by atoms with Gasteiger partial charge in [-0.2, -0.15) is 0 Å². The van der Waals surface area contributed by atoms with Crippen LogP contribution in [0.15, 0.2) is 18.2 Å². The SMILES string of the molecule is COc1cc(OC(C)(C)C)ccc1CO. The Kier molecular flexibility index (Phi) is 3.58. The number of aliphatic hydroxyl groups is 1. The fraction of sp³-hybridized carbons (Fsp3) is 0.500. The second kappa shape index (κ2) is 4.53. The van der Waals surface area contributed by atoms with Crippen molar-refractivity contribution in [1.29, 1.82) is 0 Å². The Bertz CT molecular complexity index is 326. The monoisotopic (exact) mass is 210 g/mol. The third-order valence-electron chi connectivity index (χ3n) is 1.85. The molecule has 0 amide bonds. The van der Waals surface area contributed by atoms with Gasteiger partial charge >= 0.3 is 0 Å². The first kappa shape index (κ1) is 11.9. The second-order valence-corrected chi connectivity index (χ2v) is 4.35. The van der Waals surface area contributed by atoms with Crippen LogP contribution < -0.4 is 9.47 Å². The van der Waals surface area contributed by atoms with Gasteiger partial charge in [-0.3, -0.25) is 0 Å². The molecule has 0 aliphatic rings. The summed E-state index contributed by atoms with van der Waals surface area (Å²) < 4.78 is 10.8. The lowest BCUT2D eigenvalue weighted by Crippen LogP contribution is -2.22. The number of hydrogen-bond donors (Lipinski definition) is 1. The Hall–Kier alpha value is -1.22. The number of rotatable bonds is 3. The number of hydrogen-bond acceptors (Lipinski definition) is 3. The Labute approximate surface area is 90.6 Å². The maximum Gasteiger partial charge on any atom is 0.128 e. The minimum Gasteiger partial charge on any atom is -0.496 e. The van der Waals surface area contributed by atoms with Gasteiger partial charge in [0.15, 0.2) is 0 Å². The molecule has 0 aliphatic heterocycles. The fourth-order valence-electron chi connectivity index (χ4n) is 1.27. The van der Waals surface area contributed by atoms with Crippen molar-refractivity contribution in [2.75, 3.05) is 7.11 Å². The summed E-state index contributed by atoms with van der Waals surface area (Å²) in [7, 11) is 1.58. The molecule has 0 radical (unpaired) electrons. The molecule has 0 unspecified atom stereocenters. The maximum absolute atomic E-state index is 9.05. The van der Waals surface area contributed by atoms with Crippen molar-refractivity contribution in [3.05, 3.63) is 23.8 Å². The van der Waals surface area contributed by atoms with Crippen LogP contribution in [0.1, 0.15) is 26.3 Å². The van der Waals surface area contributed by atoms with Crippen LogP contribution in [0.4, 0.5) is 0 Å². The molecule has 1 aromatic rings. The molecule has 0 heterocycles. The molecule has 1 rings (SSSR count). The highest BCUT2D eigenvalue weighted by molar-refractivity contribution is 5.40. The van der Waals surface area contributed by atoms with Crippen molar-refractivity contribution < 1.29 is 14.6 Å². The van der Waals surface area contributed by atoms with Gasteiger partial charge in [-0.15, -0.1) is 0 Å². The molecule has 0 aromatic heterocycles. The summed E-state index contributed by atoms with van der Waals surface area (Å²) in [5, 5.41) is 9.05. The van der Waals surface area contributed by atoms with E-state index >= 15 is 0 Å². The third kappa shape index (κ3) is 3.44. The van der Waals surface area contributed by atoms with Crippen LogP contribution in [0, 0.1) is 0 Å². The fourth-order valence-corrected chi connectivity index (χ4v) is 1.27. The first-order chi connectivity index (χ1) is 6.96. The highest BCUT2D eigenvalue weighted by Crippen LogP contribution is 2.27. The first-order valence-corrected chi connectivity index (χ1v) is 4.93. The van der Waals surface area contributed by atoms with Gasteiger partial charge < -0.3 is 14.6 Å². The number of methoxy groups -OCH3 is 1. The molecule has 84 valence electrons. The molecule has 3 heteroatoms. The maximum atomic E-state index is 9.05. The molecule has 15 heavy (non-hydrogen) atoms. The normalized spacial score (nSPS) is 11.3. The Balaban J connectivity index is 2.93. The van der Waals surface area contributed by atoms with E-state index in [1.807, 2.05) is 26.8 Å². The second-order valence-electron chi connectivity index (χ2n) is 4.35. The van der Waals surface area contributed by atoms with E-state index < -0.39 is 0 Å². The van der Waals surface area contributed by atoms with Gasteiger partial charge in [0.25, 0.3) is 0 Å². The zero-order chi connectivity index (χ0) is 11.5. The lowest BCUT2D eigenvalue weighted by Gasteiger charge is -2.22. The molecule has 0 fully saturated rings. The summed E-state index contributed by atoms with van der Waals surface area (Å²) in [6, 6.07) is 5.43. The quantitative estimate of drug-likeness (QED) is 0.832. The van der Waals surface area contributed by atoms with Crippen LogP contribution in [0.3, 0.4) is 0 Å². The average molecular weight is 210 g/mol. The highest BCUT2D eigenvalue weighted by atomic mass is 16.5. The average Bonchev–Trinajstić information content (AvgIpc) is 2.15. The Morgan fingerprint density at radius 1 is 1.27 bits per heavy atom. The van der Waals surface area contributed by atoms with Gasteiger partial charge in [0, 0.05) is 11.6 Å². The predicted octanol–water partition coefficient (Wildman–Crippen LogP) is 2.36. The van der Waals surface area contributed by atoms with E-state index in [1.165, 1.54) is 0 Å². The zero-order valence-electron chi connectivity index (χ0n) is 9.70. The number of benzene rings is 1. The molecular weight excluding hydrogens is 192 g/mol. The third-order valence-corrected chi connectivity index (χ3v) is 1.85. The number of ether oxygens (including phenoxy) is 2.